The maximum atomic E-state index is 9.82. The van der Waals surface area contributed by atoms with Crippen LogP contribution in [0.1, 0.15) is 17.2 Å². The maximum Gasteiger partial charge on any atom is 0.0914 e. The average molecular weight is 180 g/mol. The van der Waals surface area contributed by atoms with E-state index in [0.717, 1.165) is 12.0 Å². The molecule has 1 aromatic rings. The molecule has 0 aliphatic heterocycles. The zero-order valence-electron chi connectivity index (χ0n) is 7.03. The predicted molar refractivity (Wildman–Crippen MR) is 52.4 cm³/mol. The summed E-state index contributed by atoms with van der Waals surface area (Å²) in [5.41, 5.74) is 2.43. The smallest absolute Gasteiger partial charge is 0.0914 e. The molecule has 1 nitrogen and oxygen atoms in total. The van der Waals surface area contributed by atoms with E-state index in [9.17, 15) is 5.11 Å². The van der Waals surface area contributed by atoms with Crippen molar-refractivity contribution < 1.29 is 5.11 Å². The van der Waals surface area contributed by atoms with Crippen LogP contribution in [-0.2, 0) is 6.42 Å². The summed E-state index contributed by atoms with van der Waals surface area (Å²) >= 11 is 1.75. The number of rotatable bonds is 1. The Labute approximate surface area is 76.8 Å². The normalized spacial score (nSPS) is 27.2. The van der Waals surface area contributed by atoms with E-state index in [2.05, 4.69) is 12.3 Å². The maximum absolute atomic E-state index is 9.82. The Hall–Kier alpha value is -0.470. The van der Waals surface area contributed by atoms with Crippen LogP contribution in [0.15, 0.2) is 24.3 Å². The number of thioether (sulfide) groups is 1. The summed E-state index contributed by atoms with van der Waals surface area (Å²) in [6.07, 6.45) is 2.81. The van der Waals surface area contributed by atoms with E-state index in [4.69, 9.17) is 0 Å². The van der Waals surface area contributed by atoms with Crippen molar-refractivity contribution in [3.05, 3.63) is 35.4 Å². The van der Waals surface area contributed by atoms with E-state index in [0.29, 0.717) is 5.25 Å². The summed E-state index contributed by atoms with van der Waals surface area (Å²) in [6.45, 7) is 0. The molecule has 0 radical (unpaired) electrons. The third-order valence-corrected chi connectivity index (χ3v) is 3.48. The SMILES string of the molecule is CS[C@@H]1Cc2ccccc2[C@H]1O. The molecule has 1 aliphatic carbocycles. The van der Waals surface area contributed by atoms with Crippen molar-refractivity contribution in [2.45, 2.75) is 17.8 Å². The van der Waals surface area contributed by atoms with Gasteiger partial charge in [-0.1, -0.05) is 24.3 Å². The first kappa shape index (κ1) is 8.14. The van der Waals surface area contributed by atoms with E-state index >= 15 is 0 Å². The van der Waals surface area contributed by atoms with Crippen LogP contribution in [0.5, 0.6) is 0 Å². The van der Waals surface area contributed by atoms with Gasteiger partial charge in [0.05, 0.1) is 6.10 Å². The van der Waals surface area contributed by atoms with Gasteiger partial charge in [-0.25, -0.2) is 0 Å². The number of fused-ring (bicyclic) bond motifs is 1. The number of hydrogen-bond acceptors (Lipinski definition) is 2. The van der Waals surface area contributed by atoms with Crippen LogP contribution < -0.4 is 0 Å². The van der Waals surface area contributed by atoms with Crippen LogP contribution in [0, 0.1) is 0 Å². The van der Waals surface area contributed by atoms with Crippen LogP contribution in [0.2, 0.25) is 0 Å². The third-order valence-electron chi connectivity index (χ3n) is 2.45. The summed E-state index contributed by atoms with van der Waals surface area (Å²) in [7, 11) is 0. The quantitative estimate of drug-likeness (QED) is 0.713. The molecule has 12 heavy (non-hydrogen) atoms. The van der Waals surface area contributed by atoms with Gasteiger partial charge in [0.15, 0.2) is 0 Å². The van der Waals surface area contributed by atoms with Gasteiger partial charge < -0.3 is 5.11 Å². The predicted octanol–water partition coefficient (Wildman–Crippen LogP) is 2.01. The van der Waals surface area contributed by atoms with Crippen molar-refractivity contribution in [1.29, 1.82) is 0 Å². The zero-order chi connectivity index (χ0) is 8.55. The van der Waals surface area contributed by atoms with Crippen LogP contribution in [-0.4, -0.2) is 16.6 Å². The Kier molecular flexibility index (Phi) is 2.11. The minimum absolute atomic E-state index is 0.254. The van der Waals surface area contributed by atoms with Gasteiger partial charge in [0.25, 0.3) is 0 Å². The van der Waals surface area contributed by atoms with E-state index in [1.54, 1.807) is 11.8 Å². The van der Waals surface area contributed by atoms with Crippen LogP contribution in [0.3, 0.4) is 0 Å². The van der Waals surface area contributed by atoms with Crippen molar-refractivity contribution in [2.75, 3.05) is 6.26 Å². The lowest BCUT2D eigenvalue weighted by Gasteiger charge is -2.10. The first-order valence-corrected chi connectivity index (χ1v) is 5.40. The molecule has 0 fully saturated rings. The van der Waals surface area contributed by atoms with E-state index in [-0.39, 0.29) is 6.10 Å². The van der Waals surface area contributed by atoms with E-state index in [1.165, 1.54) is 5.56 Å². The lowest BCUT2D eigenvalue weighted by Crippen LogP contribution is -2.07. The summed E-state index contributed by atoms with van der Waals surface area (Å²) < 4.78 is 0. The largest absolute Gasteiger partial charge is 0.387 e. The molecule has 2 heteroatoms. The van der Waals surface area contributed by atoms with Crippen LogP contribution in [0.25, 0.3) is 0 Å². The summed E-state index contributed by atoms with van der Waals surface area (Å²) in [5, 5.41) is 10.2. The first-order chi connectivity index (χ1) is 5.83. The van der Waals surface area contributed by atoms with E-state index < -0.39 is 0 Å². The van der Waals surface area contributed by atoms with Crippen molar-refractivity contribution in [3.63, 3.8) is 0 Å². The lowest BCUT2D eigenvalue weighted by molar-refractivity contribution is 0.186. The zero-order valence-corrected chi connectivity index (χ0v) is 7.84. The molecule has 0 heterocycles. The third kappa shape index (κ3) is 1.15. The van der Waals surface area contributed by atoms with Gasteiger partial charge in [0.2, 0.25) is 0 Å². The highest BCUT2D eigenvalue weighted by molar-refractivity contribution is 7.99. The molecule has 0 spiro atoms. The highest BCUT2D eigenvalue weighted by Gasteiger charge is 2.29. The van der Waals surface area contributed by atoms with Gasteiger partial charge in [0, 0.05) is 5.25 Å². The Morgan fingerprint density at radius 2 is 2.17 bits per heavy atom. The number of benzene rings is 1. The van der Waals surface area contributed by atoms with Crippen LogP contribution in [0.4, 0.5) is 0 Å². The second-order valence-electron chi connectivity index (χ2n) is 3.12. The number of hydrogen-bond donors (Lipinski definition) is 1. The molecule has 2 rings (SSSR count). The second-order valence-corrected chi connectivity index (χ2v) is 4.20. The van der Waals surface area contributed by atoms with Crippen molar-refractivity contribution in [2.24, 2.45) is 0 Å². The van der Waals surface area contributed by atoms with Crippen LogP contribution >= 0.6 is 11.8 Å². The summed E-state index contributed by atoms with van der Waals surface area (Å²) in [5.74, 6) is 0. The van der Waals surface area contributed by atoms with Gasteiger partial charge in [-0.05, 0) is 23.8 Å². The van der Waals surface area contributed by atoms with Crippen molar-refractivity contribution >= 4 is 11.8 Å². The van der Waals surface area contributed by atoms with Crippen molar-refractivity contribution in [3.8, 4) is 0 Å². The molecule has 0 saturated heterocycles. The number of aliphatic hydroxyl groups excluding tert-OH is 1. The fourth-order valence-corrected chi connectivity index (χ4v) is 2.50. The van der Waals surface area contributed by atoms with Gasteiger partial charge in [-0.15, -0.1) is 0 Å². The lowest BCUT2D eigenvalue weighted by atomic mass is 10.1. The minimum atomic E-state index is -0.254. The topological polar surface area (TPSA) is 20.2 Å². The molecule has 2 atom stereocenters. The highest BCUT2D eigenvalue weighted by atomic mass is 32.2. The molecule has 0 bridgehead atoms. The van der Waals surface area contributed by atoms with Gasteiger partial charge >= 0.3 is 0 Å². The molecule has 0 aromatic heterocycles. The molecule has 1 N–H and O–H groups in total. The monoisotopic (exact) mass is 180 g/mol. The molecule has 0 amide bonds. The minimum Gasteiger partial charge on any atom is -0.387 e. The molecule has 0 saturated carbocycles. The average Bonchev–Trinajstić information content (AvgIpc) is 2.44. The Morgan fingerprint density at radius 3 is 2.83 bits per heavy atom. The van der Waals surface area contributed by atoms with Gasteiger partial charge in [0.1, 0.15) is 0 Å². The molecular weight excluding hydrogens is 168 g/mol. The fourth-order valence-electron chi connectivity index (χ4n) is 1.75. The van der Waals surface area contributed by atoms with Gasteiger partial charge in [-0.3, -0.25) is 0 Å². The molecule has 1 aliphatic rings. The first-order valence-electron chi connectivity index (χ1n) is 4.11. The Morgan fingerprint density at radius 1 is 1.42 bits per heavy atom. The van der Waals surface area contributed by atoms with E-state index in [1.807, 2.05) is 18.2 Å². The summed E-state index contributed by atoms with van der Waals surface area (Å²) in [4.78, 5) is 0. The molecular formula is C10H12OS. The Bertz CT molecular complexity index is 285. The molecule has 0 unspecified atom stereocenters. The molecule has 64 valence electrons. The second kappa shape index (κ2) is 3.11. The fraction of sp³-hybridized carbons (Fsp3) is 0.400. The summed E-state index contributed by atoms with van der Waals surface area (Å²) in [6, 6.07) is 8.16. The standard InChI is InChI=1S/C10H12OS/c1-12-9-6-7-4-2-3-5-8(7)10(9)11/h2-5,9-11H,6H2,1H3/t9-,10-/m1/s1. The van der Waals surface area contributed by atoms with Crippen molar-refractivity contribution in [1.82, 2.24) is 0 Å². The number of aliphatic hydroxyl groups is 1. The Balaban J connectivity index is 2.35. The molecule has 1 aromatic carbocycles. The highest BCUT2D eigenvalue weighted by Crippen LogP contribution is 2.36. The van der Waals surface area contributed by atoms with Gasteiger partial charge in [-0.2, -0.15) is 11.8 Å².